The van der Waals surface area contributed by atoms with Crippen molar-refractivity contribution >= 4 is 23.6 Å². The number of piperidine rings is 2. The van der Waals surface area contributed by atoms with Crippen LogP contribution < -0.4 is 10.6 Å². The number of imide groups is 1. The fourth-order valence-electron chi connectivity index (χ4n) is 5.47. The summed E-state index contributed by atoms with van der Waals surface area (Å²) in [6.07, 6.45) is 3.78. The second kappa shape index (κ2) is 9.23. The molecule has 1 unspecified atom stereocenters. The van der Waals surface area contributed by atoms with Crippen LogP contribution in [0.2, 0.25) is 0 Å². The first-order valence-corrected chi connectivity index (χ1v) is 12.0. The maximum absolute atomic E-state index is 13.3. The first-order valence-electron chi connectivity index (χ1n) is 12.0. The Morgan fingerprint density at radius 3 is 2.58 bits per heavy atom. The molecular formula is C24H31N5O4. The zero-order valence-electron chi connectivity index (χ0n) is 18.8. The van der Waals surface area contributed by atoms with Crippen molar-refractivity contribution in [2.75, 3.05) is 32.7 Å². The first-order chi connectivity index (χ1) is 16.0. The molecule has 4 aliphatic rings. The number of benzene rings is 1. The maximum atomic E-state index is 13.3. The minimum atomic E-state index is -0.599. The van der Waals surface area contributed by atoms with Gasteiger partial charge in [-0.2, -0.15) is 0 Å². The molecule has 0 saturated carbocycles. The number of fused-ring (bicyclic) bond motifs is 1. The number of carbonyl (C=O) groups excluding carboxylic acids is 4. The van der Waals surface area contributed by atoms with Gasteiger partial charge in [0.15, 0.2) is 0 Å². The molecule has 0 aromatic heterocycles. The largest absolute Gasteiger partial charge is 0.339 e. The zero-order valence-corrected chi connectivity index (χ0v) is 18.8. The van der Waals surface area contributed by atoms with Crippen molar-refractivity contribution in [1.29, 1.82) is 0 Å². The molecule has 9 heteroatoms. The van der Waals surface area contributed by atoms with Gasteiger partial charge in [-0.3, -0.25) is 29.4 Å². The molecule has 1 aromatic carbocycles. The summed E-state index contributed by atoms with van der Waals surface area (Å²) in [5.41, 5.74) is 2.58. The fourth-order valence-corrected chi connectivity index (χ4v) is 5.47. The van der Waals surface area contributed by atoms with Crippen molar-refractivity contribution < 1.29 is 19.2 Å². The molecule has 33 heavy (non-hydrogen) atoms. The highest BCUT2D eigenvalue weighted by Crippen LogP contribution is 2.30. The van der Waals surface area contributed by atoms with E-state index < -0.39 is 6.04 Å². The second-order valence-corrected chi connectivity index (χ2v) is 9.46. The molecule has 0 spiro atoms. The minimum Gasteiger partial charge on any atom is -0.339 e. The lowest BCUT2D eigenvalue weighted by Crippen LogP contribution is -2.54. The topological polar surface area (TPSA) is 102 Å². The Kier molecular flexibility index (Phi) is 6.16. The molecular weight excluding hydrogens is 422 g/mol. The van der Waals surface area contributed by atoms with Crippen molar-refractivity contribution in [3.8, 4) is 0 Å². The van der Waals surface area contributed by atoms with E-state index >= 15 is 0 Å². The van der Waals surface area contributed by atoms with Gasteiger partial charge in [0.05, 0.1) is 6.04 Å². The van der Waals surface area contributed by atoms with Crippen LogP contribution in [0.25, 0.3) is 0 Å². The van der Waals surface area contributed by atoms with Gasteiger partial charge in [-0.15, -0.1) is 0 Å². The number of rotatable bonds is 4. The van der Waals surface area contributed by atoms with Gasteiger partial charge in [-0.05, 0) is 36.9 Å². The molecule has 9 nitrogen and oxygen atoms in total. The summed E-state index contributed by atoms with van der Waals surface area (Å²) < 4.78 is 0. The number of hydrogen-bond donors (Lipinski definition) is 2. The molecule has 4 aliphatic heterocycles. The van der Waals surface area contributed by atoms with Crippen LogP contribution in [-0.4, -0.2) is 83.1 Å². The standard InChI is InChI=1S/C24H31N5O4/c30-20-8-7-19(22(31)26-20)29-15-17-5-3-4-16(21(17)24(29)33)14-27-10-12-28(13-11-27)23(32)18-6-1-2-9-25-18/h3-5,18-19,25H,1-2,6-15H2,(H,26,30,31)/t18-,19?/m0/s1. The van der Waals surface area contributed by atoms with Crippen LogP contribution >= 0.6 is 0 Å². The quantitative estimate of drug-likeness (QED) is 0.633. The zero-order chi connectivity index (χ0) is 22.9. The van der Waals surface area contributed by atoms with Crippen LogP contribution in [0.1, 0.15) is 53.6 Å². The van der Waals surface area contributed by atoms with Gasteiger partial charge in [-0.25, -0.2) is 0 Å². The van der Waals surface area contributed by atoms with Gasteiger partial charge < -0.3 is 15.1 Å². The number of piperazine rings is 1. The first kappa shape index (κ1) is 22.0. The molecule has 3 saturated heterocycles. The lowest BCUT2D eigenvalue weighted by molar-refractivity contribution is -0.137. The molecule has 5 rings (SSSR count). The molecule has 0 radical (unpaired) electrons. The van der Waals surface area contributed by atoms with E-state index in [1.54, 1.807) is 4.90 Å². The van der Waals surface area contributed by atoms with E-state index in [4.69, 9.17) is 0 Å². The summed E-state index contributed by atoms with van der Waals surface area (Å²) in [4.78, 5) is 55.7. The van der Waals surface area contributed by atoms with Crippen LogP contribution in [0.4, 0.5) is 0 Å². The van der Waals surface area contributed by atoms with E-state index in [-0.39, 0.29) is 36.1 Å². The number of amides is 4. The normalized spacial score (nSPS) is 26.4. The molecule has 176 valence electrons. The third kappa shape index (κ3) is 4.39. The van der Waals surface area contributed by atoms with E-state index in [0.717, 1.165) is 50.0 Å². The average Bonchev–Trinajstić information content (AvgIpc) is 3.17. The lowest BCUT2D eigenvalue weighted by atomic mass is 10.0. The summed E-state index contributed by atoms with van der Waals surface area (Å²) >= 11 is 0. The Morgan fingerprint density at radius 2 is 1.85 bits per heavy atom. The van der Waals surface area contributed by atoms with Crippen LogP contribution in [0.3, 0.4) is 0 Å². The van der Waals surface area contributed by atoms with Gasteiger partial charge >= 0.3 is 0 Å². The highest BCUT2D eigenvalue weighted by molar-refractivity contribution is 6.06. The molecule has 4 amide bonds. The van der Waals surface area contributed by atoms with Crippen molar-refractivity contribution in [2.45, 2.75) is 57.3 Å². The van der Waals surface area contributed by atoms with Crippen molar-refractivity contribution in [2.24, 2.45) is 0 Å². The van der Waals surface area contributed by atoms with Gasteiger partial charge in [0.1, 0.15) is 6.04 Å². The molecule has 4 heterocycles. The Hall–Kier alpha value is -2.78. The summed E-state index contributed by atoms with van der Waals surface area (Å²) in [5.74, 6) is -0.586. The predicted molar refractivity (Wildman–Crippen MR) is 120 cm³/mol. The third-order valence-electron chi connectivity index (χ3n) is 7.33. The van der Waals surface area contributed by atoms with Crippen LogP contribution in [-0.2, 0) is 27.5 Å². The van der Waals surface area contributed by atoms with Crippen molar-refractivity contribution in [3.05, 3.63) is 34.9 Å². The van der Waals surface area contributed by atoms with E-state index in [1.165, 1.54) is 0 Å². The Morgan fingerprint density at radius 1 is 1.03 bits per heavy atom. The highest BCUT2D eigenvalue weighted by atomic mass is 16.2. The predicted octanol–water partition coefficient (Wildman–Crippen LogP) is 0.234. The van der Waals surface area contributed by atoms with E-state index in [9.17, 15) is 19.2 Å². The molecule has 2 atom stereocenters. The Labute approximate surface area is 193 Å². The summed E-state index contributed by atoms with van der Waals surface area (Å²) in [5, 5.41) is 5.70. The molecule has 3 fully saturated rings. The van der Waals surface area contributed by atoms with Crippen molar-refractivity contribution in [3.63, 3.8) is 0 Å². The van der Waals surface area contributed by atoms with Gasteiger partial charge in [0.25, 0.3) is 5.91 Å². The molecule has 1 aromatic rings. The van der Waals surface area contributed by atoms with Gasteiger partial charge in [0.2, 0.25) is 17.7 Å². The van der Waals surface area contributed by atoms with Crippen LogP contribution in [0.15, 0.2) is 18.2 Å². The van der Waals surface area contributed by atoms with Gasteiger partial charge in [0, 0.05) is 51.3 Å². The molecule has 0 aliphatic carbocycles. The smallest absolute Gasteiger partial charge is 0.255 e. The third-order valence-corrected chi connectivity index (χ3v) is 7.33. The number of carbonyl (C=O) groups is 4. The number of nitrogens with zero attached hydrogens (tertiary/aromatic N) is 3. The lowest BCUT2D eigenvalue weighted by Gasteiger charge is -2.37. The monoisotopic (exact) mass is 453 g/mol. The Bertz CT molecular complexity index is 966. The summed E-state index contributed by atoms with van der Waals surface area (Å²) in [6.45, 7) is 4.89. The van der Waals surface area contributed by atoms with Crippen LogP contribution in [0.5, 0.6) is 0 Å². The fraction of sp³-hybridized carbons (Fsp3) is 0.583. The second-order valence-electron chi connectivity index (χ2n) is 9.46. The molecule has 0 bridgehead atoms. The van der Waals surface area contributed by atoms with E-state index in [0.29, 0.717) is 38.2 Å². The van der Waals surface area contributed by atoms with Crippen LogP contribution in [0, 0.1) is 0 Å². The molecule has 2 N–H and O–H groups in total. The van der Waals surface area contributed by atoms with Gasteiger partial charge in [-0.1, -0.05) is 24.6 Å². The Balaban J connectivity index is 1.22. The van der Waals surface area contributed by atoms with Crippen molar-refractivity contribution in [1.82, 2.24) is 25.3 Å². The highest BCUT2D eigenvalue weighted by Gasteiger charge is 2.40. The maximum Gasteiger partial charge on any atom is 0.255 e. The minimum absolute atomic E-state index is 0.0430. The number of nitrogens with one attached hydrogen (secondary N) is 2. The average molecular weight is 454 g/mol. The number of hydrogen-bond acceptors (Lipinski definition) is 6. The SMILES string of the molecule is O=C1CCC(N2Cc3cccc(CN4CCN(C(=O)[C@@H]5CCCCN5)CC4)c3C2=O)C(=O)N1. The van der Waals surface area contributed by atoms with E-state index in [2.05, 4.69) is 15.5 Å². The summed E-state index contributed by atoms with van der Waals surface area (Å²) in [6, 6.07) is 5.24. The van der Waals surface area contributed by atoms with E-state index in [1.807, 2.05) is 23.1 Å². The summed E-state index contributed by atoms with van der Waals surface area (Å²) in [7, 11) is 0.